The maximum absolute atomic E-state index is 12.5. The molecule has 1 aliphatic rings. The maximum Gasteiger partial charge on any atom is 0.573 e. The van der Waals surface area contributed by atoms with Crippen molar-refractivity contribution in [2.45, 2.75) is 19.3 Å². The van der Waals surface area contributed by atoms with Crippen LogP contribution in [0.15, 0.2) is 51.7 Å². The summed E-state index contributed by atoms with van der Waals surface area (Å²) in [7, 11) is 0. The summed E-state index contributed by atoms with van der Waals surface area (Å²) in [6.45, 7) is 2.68. The van der Waals surface area contributed by atoms with Gasteiger partial charge in [0.15, 0.2) is 11.4 Å². The molecule has 2 aromatic carbocycles. The van der Waals surface area contributed by atoms with Gasteiger partial charge in [0.1, 0.15) is 5.75 Å². The lowest BCUT2D eigenvalue weighted by Gasteiger charge is -2.33. The smallest absolute Gasteiger partial charge is 0.408 e. The fourth-order valence-corrected chi connectivity index (χ4v) is 3.70. The summed E-state index contributed by atoms with van der Waals surface area (Å²) in [6, 6.07) is 9.97. The van der Waals surface area contributed by atoms with E-state index in [0.29, 0.717) is 55.0 Å². The van der Waals surface area contributed by atoms with E-state index in [4.69, 9.17) is 9.25 Å². The minimum atomic E-state index is -4.76. The lowest BCUT2D eigenvalue weighted by Crippen LogP contribution is -2.48. The SMILES string of the molecule is O=C(NCc1ccc(OC(F)(F)F)cc1)ON1CCN(CCC(=O)c2ccc3[nH]c(=O)oc3c2)CC1. The van der Waals surface area contributed by atoms with E-state index in [1.807, 2.05) is 0 Å². The standard InChI is InChI=1S/C23H23F3N4O6/c24-23(25,26)35-17-4-1-15(2-5-17)14-27-21(32)36-30-11-9-29(10-12-30)8-7-19(31)16-3-6-18-20(13-16)34-22(33)28-18/h1-6,13H,7-12,14H2,(H,27,32)(H,28,33). The van der Waals surface area contributed by atoms with Gasteiger partial charge < -0.3 is 24.2 Å². The van der Waals surface area contributed by atoms with Gasteiger partial charge in [0.25, 0.3) is 0 Å². The molecule has 192 valence electrons. The molecule has 0 spiro atoms. The normalized spacial score (nSPS) is 15.1. The number of piperazine rings is 1. The number of ketones is 1. The quantitative estimate of drug-likeness (QED) is 0.446. The van der Waals surface area contributed by atoms with E-state index in [1.54, 1.807) is 18.2 Å². The molecule has 0 saturated carbocycles. The molecular weight excluding hydrogens is 485 g/mol. The molecule has 2 heterocycles. The number of halogens is 3. The Morgan fingerprint density at radius 1 is 1.06 bits per heavy atom. The topological polar surface area (TPSA) is 117 Å². The van der Waals surface area contributed by atoms with Crippen molar-refractivity contribution in [1.82, 2.24) is 20.3 Å². The molecule has 1 saturated heterocycles. The first kappa shape index (κ1) is 25.3. The number of amides is 1. The van der Waals surface area contributed by atoms with Gasteiger partial charge in [-0.05, 0) is 35.9 Å². The molecule has 10 nitrogen and oxygen atoms in total. The van der Waals surface area contributed by atoms with Crippen LogP contribution in [0, 0.1) is 0 Å². The van der Waals surface area contributed by atoms with Gasteiger partial charge in [-0.3, -0.25) is 9.78 Å². The van der Waals surface area contributed by atoms with Gasteiger partial charge in [-0.2, -0.15) is 0 Å². The van der Waals surface area contributed by atoms with Crippen LogP contribution in [0.3, 0.4) is 0 Å². The number of oxazole rings is 1. The van der Waals surface area contributed by atoms with Gasteiger partial charge in [0.05, 0.1) is 5.52 Å². The van der Waals surface area contributed by atoms with Gasteiger partial charge in [-0.15, -0.1) is 18.2 Å². The van der Waals surface area contributed by atoms with Crippen molar-refractivity contribution in [2.75, 3.05) is 32.7 Å². The van der Waals surface area contributed by atoms with Crippen molar-refractivity contribution in [1.29, 1.82) is 0 Å². The second-order valence-electron chi connectivity index (χ2n) is 8.09. The van der Waals surface area contributed by atoms with E-state index in [-0.39, 0.29) is 24.5 Å². The molecule has 1 aliphatic heterocycles. The molecule has 4 rings (SSSR count). The Kier molecular flexibility index (Phi) is 7.60. The van der Waals surface area contributed by atoms with E-state index >= 15 is 0 Å². The van der Waals surface area contributed by atoms with Crippen molar-refractivity contribution in [3.05, 3.63) is 64.1 Å². The van der Waals surface area contributed by atoms with Crippen LogP contribution in [0.25, 0.3) is 11.1 Å². The molecular formula is C23H23F3N4O6. The van der Waals surface area contributed by atoms with E-state index in [1.165, 1.54) is 17.2 Å². The average molecular weight is 508 g/mol. The van der Waals surface area contributed by atoms with Crippen molar-refractivity contribution in [3.63, 3.8) is 0 Å². The van der Waals surface area contributed by atoms with Crippen LogP contribution in [0.5, 0.6) is 5.75 Å². The number of Topliss-reactive ketones (excluding diaryl/α,β-unsaturated/α-hetero) is 1. The number of nitrogens with one attached hydrogen (secondary N) is 2. The summed E-state index contributed by atoms with van der Waals surface area (Å²) in [4.78, 5) is 45.7. The number of nitrogens with zero attached hydrogens (tertiary/aromatic N) is 2. The van der Waals surface area contributed by atoms with Gasteiger partial charge >= 0.3 is 18.2 Å². The molecule has 1 fully saturated rings. The summed E-state index contributed by atoms with van der Waals surface area (Å²) in [5, 5.41) is 4.05. The van der Waals surface area contributed by atoms with E-state index in [9.17, 15) is 27.6 Å². The lowest BCUT2D eigenvalue weighted by atomic mass is 10.1. The number of ether oxygens (including phenoxy) is 1. The molecule has 0 unspecified atom stereocenters. The highest BCUT2D eigenvalue weighted by Crippen LogP contribution is 2.22. The fourth-order valence-electron chi connectivity index (χ4n) is 3.70. The number of aromatic amines is 1. The molecule has 0 bridgehead atoms. The third-order valence-electron chi connectivity index (χ3n) is 5.54. The van der Waals surface area contributed by atoms with Crippen LogP contribution >= 0.6 is 0 Å². The zero-order valence-electron chi connectivity index (χ0n) is 19.0. The van der Waals surface area contributed by atoms with Crippen LogP contribution < -0.4 is 15.8 Å². The van der Waals surface area contributed by atoms with Crippen LogP contribution in [0.1, 0.15) is 22.3 Å². The van der Waals surface area contributed by atoms with Crippen molar-refractivity contribution < 1.29 is 36.8 Å². The Morgan fingerprint density at radius 3 is 2.47 bits per heavy atom. The minimum Gasteiger partial charge on any atom is -0.408 e. The molecule has 0 radical (unpaired) electrons. The van der Waals surface area contributed by atoms with Crippen LogP contribution in [-0.4, -0.2) is 65.9 Å². The van der Waals surface area contributed by atoms with Gasteiger partial charge in [-0.25, -0.2) is 9.59 Å². The Labute approximate surface area is 202 Å². The van der Waals surface area contributed by atoms with Crippen molar-refractivity contribution >= 4 is 23.0 Å². The summed E-state index contributed by atoms with van der Waals surface area (Å²) >= 11 is 0. The largest absolute Gasteiger partial charge is 0.573 e. The molecule has 0 atom stereocenters. The van der Waals surface area contributed by atoms with E-state index in [0.717, 1.165) is 12.1 Å². The number of hydroxylamine groups is 2. The molecule has 0 aliphatic carbocycles. The van der Waals surface area contributed by atoms with E-state index in [2.05, 4.69) is 19.9 Å². The Hall–Kier alpha value is -3.84. The number of alkyl halides is 3. The summed E-state index contributed by atoms with van der Waals surface area (Å²) in [6.07, 6.45) is -5.16. The Bertz CT molecular complexity index is 1260. The number of rotatable bonds is 8. The highest BCUT2D eigenvalue weighted by atomic mass is 19.4. The fraction of sp³-hybridized carbons (Fsp3) is 0.348. The van der Waals surface area contributed by atoms with Crippen LogP contribution in [-0.2, 0) is 11.4 Å². The van der Waals surface area contributed by atoms with Crippen molar-refractivity contribution in [2.24, 2.45) is 0 Å². The molecule has 36 heavy (non-hydrogen) atoms. The van der Waals surface area contributed by atoms with Crippen molar-refractivity contribution in [3.8, 4) is 5.75 Å². The monoisotopic (exact) mass is 508 g/mol. The zero-order valence-corrected chi connectivity index (χ0v) is 19.0. The number of carbonyl (C=O) groups excluding carboxylic acids is 2. The molecule has 1 aromatic heterocycles. The second kappa shape index (κ2) is 10.8. The van der Waals surface area contributed by atoms with Gasteiger partial charge in [0, 0.05) is 51.3 Å². The predicted molar refractivity (Wildman–Crippen MR) is 120 cm³/mol. The van der Waals surface area contributed by atoms with Gasteiger partial charge in [-0.1, -0.05) is 12.1 Å². The highest BCUT2D eigenvalue weighted by molar-refractivity contribution is 5.98. The number of benzene rings is 2. The van der Waals surface area contributed by atoms with E-state index < -0.39 is 18.2 Å². The van der Waals surface area contributed by atoms with Crippen LogP contribution in [0.2, 0.25) is 0 Å². The molecule has 3 aromatic rings. The summed E-state index contributed by atoms with van der Waals surface area (Å²) < 4.78 is 45.4. The first-order valence-corrected chi connectivity index (χ1v) is 11.1. The molecule has 13 heteroatoms. The lowest BCUT2D eigenvalue weighted by molar-refractivity contribution is -0.274. The summed E-state index contributed by atoms with van der Waals surface area (Å²) in [5.74, 6) is -0.989. The summed E-state index contributed by atoms with van der Waals surface area (Å²) in [5.41, 5.74) is 1.91. The number of hydrogen-bond donors (Lipinski definition) is 2. The number of fused-ring (bicyclic) bond motifs is 1. The highest BCUT2D eigenvalue weighted by Gasteiger charge is 2.31. The zero-order chi connectivity index (χ0) is 25.7. The number of H-pyrrole nitrogens is 1. The van der Waals surface area contributed by atoms with Gasteiger partial charge in [0.2, 0.25) is 0 Å². The number of hydrogen-bond acceptors (Lipinski definition) is 8. The molecule has 1 amide bonds. The average Bonchev–Trinajstić information content (AvgIpc) is 3.21. The first-order valence-electron chi connectivity index (χ1n) is 11.1. The first-order chi connectivity index (χ1) is 17.1. The third kappa shape index (κ3) is 7.09. The number of aromatic nitrogens is 1. The number of carbonyl (C=O) groups is 2. The Morgan fingerprint density at radius 2 is 1.78 bits per heavy atom. The maximum atomic E-state index is 12.5. The second-order valence-corrected chi connectivity index (χ2v) is 8.09. The van der Waals surface area contributed by atoms with Crippen LogP contribution in [0.4, 0.5) is 18.0 Å². The Balaban J connectivity index is 1.15. The molecule has 2 N–H and O–H groups in total. The minimum absolute atomic E-state index is 0.0724. The third-order valence-corrected chi connectivity index (χ3v) is 5.54. The predicted octanol–water partition coefficient (Wildman–Crippen LogP) is 3.05.